The molecule has 2 aromatic rings. The molecule has 0 spiro atoms. The van der Waals surface area contributed by atoms with E-state index in [2.05, 4.69) is 20.9 Å². The number of benzene rings is 1. The molecule has 18 heavy (non-hydrogen) atoms. The summed E-state index contributed by atoms with van der Waals surface area (Å²) in [4.78, 5) is 16.0. The van der Waals surface area contributed by atoms with Gasteiger partial charge in [0.15, 0.2) is 0 Å². The first-order valence-electron chi connectivity index (χ1n) is 5.41. The second-order valence-electron chi connectivity index (χ2n) is 4.01. The summed E-state index contributed by atoms with van der Waals surface area (Å²) in [6.45, 7) is 1.89. The van der Waals surface area contributed by atoms with Crippen LogP contribution in [0.3, 0.4) is 0 Å². The molecule has 2 rings (SSSR count). The highest BCUT2D eigenvalue weighted by Crippen LogP contribution is 2.17. The average molecular weight is 328 g/mol. The molecular weight excluding hydrogens is 317 g/mol. The Morgan fingerprint density at radius 2 is 2.22 bits per heavy atom. The van der Waals surface area contributed by atoms with Crippen LogP contribution in [0.25, 0.3) is 0 Å². The first-order valence-corrected chi connectivity index (χ1v) is 7.08. The van der Waals surface area contributed by atoms with Gasteiger partial charge in [-0.1, -0.05) is 22.0 Å². The van der Waals surface area contributed by atoms with Crippen molar-refractivity contribution in [2.75, 3.05) is 0 Å². The van der Waals surface area contributed by atoms with Crippen molar-refractivity contribution in [3.8, 4) is 0 Å². The van der Waals surface area contributed by atoms with Crippen LogP contribution in [0.4, 0.5) is 4.39 Å². The summed E-state index contributed by atoms with van der Waals surface area (Å²) in [6, 6.07) is 4.74. The van der Waals surface area contributed by atoms with Gasteiger partial charge in [0.2, 0.25) is 0 Å². The van der Waals surface area contributed by atoms with Crippen LogP contribution in [-0.2, 0) is 17.6 Å². The summed E-state index contributed by atoms with van der Waals surface area (Å²) in [7, 11) is 0. The quantitative estimate of drug-likeness (QED) is 0.856. The second-order valence-corrected chi connectivity index (χ2v) is 5.87. The molecule has 94 valence electrons. The fraction of sp³-hybridized carbons (Fsp3) is 0.231. The molecule has 0 N–H and O–H groups in total. The summed E-state index contributed by atoms with van der Waals surface area (Å²) in [5, 5.41) is 2.69. The van der Waals surface area contributed by atoms with Crippen LogP contribution < -0.4 is 0 Å². The molecule has 0 bridgehead atoms. The van der Waals surface area contributed by atoms with Crippen LogP contribution in [0.5, 0.6) is 0 Å². The monoisotopic (exact) mass is 327 g/mol. The normalized spacial score (nSPS) is 10.6. The molecule has 0 fully saturated rings. The maximum absolute atomic E-state index is 13.6. The maximum Gasteiger partial charge on any atom is 0.144 e. The molecular formula is C13H11BrFNOS. The Bertz CT molecular complexity index is 582. The highest BCUT2D eigenvalue weighted by atomic mass is 79.9. The van der Waals surface area contributed by atoms with Crippen LogP contribution in [0.2, 0.25) is 0 Å². The third kappa shape index (κ3) is 3.46. The first kappa shape index (κ1) is 13.4. The molecule has 0 saturated carbocycles. The number of Topliss-reactive ketones (excluding diaryl/α,β-unsaturated/α-hetero) is 1. The molecule has 0 aliphatic heterocycles. The number of rotatable bonds is 4. The van der Waals surface area contributed by atoms with Gasteiger partial charge in [0.05, 0.1) is 6.42 Å². The van der Waals surface area contributed by atoms with Gasteiger partial charge in [0, 0.05) is 22.0 Å². The molecule has 1 aromatic carbocycles. The predicted molar refractivity (Wildman–Crippen MR) is 73.4 cm³/mol. The van der Waals surface area contributed by atoms with Crippen molar-refractivity contribution in [2.45, 2.75) is 19.8 Å². The van der Waals surface area contributed by atoms with Gasteiger partial charge in [-0.15, -0.1) is 11.3 Å². The lowest BCUT2D eigenvalue weighted by molar-refractivity contribution is -0.117. The number of carbonyl (C=O) groups is 1. The molecule has 2 nitrogen and oxygen atoms in total. The zero-order valence-corrected chi connectivity index (χ0v) is 12.1. The lowest BCUT2D eigenvalue weighted by Gasteiger charge is -2.02. The van der Waals surface area contributed by atoms with Crippen molar-refractivity contribution in [3.05, 3.63) is 50.1 Å². The standard InChI is InChI=1S/C13H11BrFNOS/c1-8-7-18-13(16-8)6-11(17)4-9-2-3-10(14)5-12(9)15/h2-3,5,7H,4,6H2,1H3. The van der Waals surface area contributed by atoms with Crippen molar-refractivity contribution in [2.24, 2.45) is 0 Å². The van der Waals surface area contributed by atoms with Gasteiger partial charge >= 0.3 is 0 Å². The Labute approximate surface area is 117 Å². The molecule has 0 aliphatic rings. The minimum absolute atomic E-state index is 0.0226. The van der Waals surface area contributed by atoms with Gasteiger partial charge in [-0.2, -0.15) is 0 Å². The van der Waals surface area contributed by atoms with E-state index < -0.39 is 0 Å². The van der Waals surface area contributed by atoms with Gasteiger partial charge in [0.1, 0.15) is 16.6 Å². The van der Waals surface area contributed by atoms with E-state index >= 15 is 0 Å². The molecule has 0 radical (unpaired) electrons. The van der Waals surface area contributed by atoms with Gasteiger partial charge in [0.25, 0.3) is 0 Å². The first-order chi connectivity index (χ1) is 8.54. The van der Waals surface area contributed by atoms with Crippen molar-refractivity contribution >= 4 is 33.0 Å². The number of hydrogen-bond donors (Lipinski definition) is 0. The molecule has 1 aromatic heterocycles. The lowest BCUT2D eigenvalue weighted by atomic mass is 10.1. The number of nitrogens with zero attached hydrogens (tertiary/aromatic N) is 1. The van der Waals surface area contributed by atoms with Crippen LogP contribution in [-0.4, -0.2) is 10.8 Å². The van der Waals surface area contributed by atoms with E-state index in [9.17, 15) is 9.18 Å². The predicted octanol–water partition coefficient (Wildman–Crippen LogP) is 3.71. The Morgan fingerprint density at radius 3 is 2.83 bits per heavy atom. The minimum atomic E-state index is -0.354. The van der Waals surface area contributed by atoms with E-state index in [0.717, 1.165) is 10.7 Å². The van der Waals surface area contributed by atoms with Crippen molar-refractivity contribution in [1.82, 2.24) is 4.98 Å². The maximum atomic E-state index is 13.6. The highest BCUT2D eigenvalue weighted by molar-refractivity contribution is 9.10. The number of carbonyl (C=O) groups excluding carboxylic acids is 1. The van der Waals surface area contributed by atoms with Gasteiger partial charge in [-0.3, -0.25) is 4.79 Å². The molecule has 0 unspecified atom stereocenters. The van der Waals surface area contributed by atoms with Crippen molar-refractivity contribution < 1.29 is 9.18 Å². The van der Waals surface area contributed by atoms with Crippen LogP contribution in [0, 0.1) is 12.7 Å². The Hall–Kier alpha value is -1.07. The lowest BCUT2D eigenvalue weighted by Crippen LogP contribution is -2.07. The second kappa shape index (κ2) is 5.71. The molecule has 1 heterocycles. The SMILES string of the molecule is Cc1csc(CC(=O)Cc2ccc(Br)cc2F)n1. The largest absolute Gasteiger partial charge is 0.299 e. The zero-order valence-electron chi connectivity index (χ0n) is 9.74. The van der Waals surface area contributed by atoms with Crippen molar-refractivity contribution in [1.29, 1.82) is 0 Å². The van der Waals surface area contributed by atoms with E-state index in [0.29, 0.717) is 10.0 Å². The molecule has 5 heteroatoms. The fourth-order valence-corrected chi connectivity index (χ4v) is 2.73. The highest BCUT2D eigenvalue weighted by Gasteiger charge is 2.11. The molecule has 0 saturated heterocycles. The summed E-state index contributed by atoms with van der Waals surface area (Å²) in [5.74, 6) is -0.376. The van der Waals surface area contributed by atoms with E-state index in [4.69, 9.17) is 0 Å². The Balaban J connectivity index is 2.03. The minimum Gasteiger partial charge on any atom is -0.299 e. The Morgan fingerprint density at radius 1 is 1.44 bits per heavy atom. The smallest absolute Gasteiger partial charge is 0.144 e. The van der Waals surface area contributed by atoms with Crippen molar-refractivity contribution in [3.63, 3.8) is 0 Å². The van der Waals surface area contributed by atoms with Gasteiger partial charge in [-0.25, -0.2) is 9.37 Å². The van der Waals surface area contributed by atoms with E-state index in [1.54, 1.807) is 12.1 Å². The van der Waals surface area contributed by atoms with Gasteiger partial charge in [-0.05, 0) is 24.6 Å². The molecule has 0 atom stereocenters. The van der Waals surface area contributed by atoms with Crippen LogP contribution in [0.1, 0.15) is 16.3 Å². The summed E-state index contributed by atoms with van der Waals surface area (Å²) >= 11 is 4.65. The van der Waals surface area contributed by atoms with E-state index in [1.165, 1.54) is 17.4 Å². The van der Waals surface area contributed by atoms with Crippen LogP contribution in [0.15, 0.2) is 28.1 Å². The summed E-state index contributed by atoms with van der Waals surface area (Å²) < 4.78 is 14.2. The number of ketones is 1. The number of aryl methyl sites for hydroxylation is 1. The topological polar surface area (TPSA) is 30.0 Å². The summed E-state index contributed by atoms with van der Waals surface area (Å²) in [6.07, 6.45) is 0.381. The fourth-order valence-electron chi connectivity index (χ4n) is 1.59. The van der Waals surface area contributed by atoms with E-state index in [-0.39, 0.29) is 24.4 Å². The zero-order chi connectivity index (χ0) is 13.1. The average Bonchev–Trinajstić information content (AvgIpc) is 2.68. The Kier molecular flexibility index (Phi) is 4.24. The van der Waals surface area contributed by atoms with Gasteiger partial charge < -0.3 is 0 Å². The van der Waals surface area contributed by atoms with E-state index in [1.807, 2.05) is 12.3 Å². The third-order valence-electron chi connectivity index (χ3n) is 2.42. The van der Waals surface area contributed by atoms with Crippen LogP contribution >= 0.6 is 27.3 Å². The number of hydrogen-bond acceptors (Lipinski definition) is 3. The third-order valence-corrected chi connectivity index (χ3v) is 3.88. The number of thiazole rings is 1. The molecule has 0 amide bonds. The summed E-state index contributed by atoms with van der Waals surface area (Å²) in [5.41, 5.74) is 1.34. The number of aromatic nitrogens is 1. The number of halogens is 2. The molecule has 0 aliphatic carbocycles.